The minimum absolute atomic E-state index is 0.257. The van der Waals surface area contributed by atoms with E-state index in [0.717, 1.165) is 5.56 Å². The summed E-state index contributed by atoms with van der Waals surface area (Å²) in [4.78, 5) is 1.41. The zero-order chi connectivity index (χ0) is 16.0. The third kappa shape index (κ3) is 6.04. The van der Waals surface area contributed by atoms with Gasteiger partial charge in [-0.15, -0.1) is 23.4 Å². The molecule has 1 aromatic carbocycles. The van der Waals surface area contributed by atoms with E-state index in [1.165, 1.54) is 29.1 Å². The number of benzene rings is 1. The number of halogens is 5. The molecular weight excluding hydrogens is 419 g/mol. The Kier molecular flexibility index (Phi) is 6.66. The highest BCUT2D eigenvalue weighted by atomic mass is 79.9. The average Bonchev–Trinajstić information content (AvgIpc) is 2.71. The fourth-order valence-corrected chi connectivity index (χ4v) is 1.86. The molecule has 9 heteroatoms. The van der Waals surface area contributed by atoms with Crippen LogP contribution in [0.5, 0.6) is 5.75 Å². The summed E-state index contributed by atoms with van der Waals surface area (Å²) in [7, 11) is 0. The Hall–Kier alpha value is -1.09. The molecule has 0 amide bonds. The highest BCUT2D eigenvalue weighted by Crippen LogP contribution is 2.23. The third-order valence-corrected chi connectivity index (χ3v) is 3.66. The second kappa shape index (κ2) is 7.79. The van der Waals surface area contributed by atoms with Crippen LogP contribution in [0.1, 0.15) is 19.4 Å². The van der Waals surface area contributed by atoms with Gasteiger partial charge in [0.25, 0.3) is 0 Å². The summed E-state index contributed by atoms with van der Waals surface area (Å²) in [6.45, 7) is 4.34. The molecule has 21 heavy (non-hydrogen) atoms. The Morgan fingerprint density at radius 2 is 1.52 bits per heavy atom. The molecule has 0 aliphatic heterocycles. The summed E-state index contributed by atoms with van der Waals surface area (Å²) in [5, 5.41) is 8.10. The first kappa shape index (κ1) is 18.0. The van der Waals surface area contributed by atoms with Crippen LogP contribution in [0, 0.1) is 0 Å². The second-order valence-electron chi connectivity index (χ2n) is 3.50. The summed E-state index contributed by atoms with van der Waals surface area (Å²) >= 11 is 6.38. The standard InChI is InChI=1S/C10H6Br2F3N3O.C2H6/c11-8-9(12)17-18(16-8)5-6-1-3-7(4-2-6)19-10(13,14)15;1-2/h1-4H,5H2;1-2H3. The van der Waals surface area contributed by atoms with Crippen molar-refractivity contribution in [1.82, 2.24) is 15.0 Å². The van der Waals surface area contributed by atoms with Gasteiger partial charge in [-0.3, -0.25) is 0 Å². The maximum Gasteiger partial charge on any atom is 0.573 e. The minimum Gasteiger partial charge on any atom is -0.406 e. The zero-order valence-electron chi connectivity index (χ0n) is 11.2. The quantitative estimate of drug-likeness (QED) is 0.703. The number of alkyl halides is 3. The average molecular weight is 431 g/mol. The fraction of sp³-hybridized carbons (Fsp3) is 0.333. The molecule has 0 N–H and O–H groups in total. The molecule has 2 aromatic rings. The van der Waals surface area contributed by atoms with Gasteiger partial charge >= 0.3 is 6.36 Å². The second-order valence-corrected chi connectivity index (χ2v) is 5.01. The summed E-state index contributed by atoms with van der Waals surface area (Å²) in [6, 6.07) is 5.53. The van der Waals surface area contributed by atoms with Crippen molar-refractivity contribution in [3.05, 3.63) is 39.0 Å². The first-order chi connectivity index (χ1) is 9.83. The first-order valence-electron chi connectivity index (χ1n) is 5.94. The van der Waals surface area contributed by atoms with Crippen LogP contribution in [0.25, 0.3) is 0 Å². The van der Waals surface area contributed by atoms with Crippen LogP contribution in [0.2, 0.25) is 0 Å². The van der Waals surface area contributed by atoms with Crippen molar-refractivity contribution < 1.29 is 17.9 Å². The maximum atomic E-state index is 12.0. The number of hydrogen-bond donors (Lipinski definition) is 0. The Balaban J connectivity index is 0.00000106. The predicted octanol–water partition coefficient (Wildman–Crippen LogP) is 4.78. The Bertz CT molecular complexity index is 551. The van der Waals surface area contributed by atoms with E-state index in [1.807, 2.05) is 13.8 Å². The number of aromatic nitrogens is 3. The minimum atomic E-state index is -4.68. The molecule has 1 heterocycles. The molecule has 0 unspecified atom stereocenters. The lowest BCUT2D eigenvalue weighted by Gasteiger charge is -2.09. The molecule has 0 radical (unpaired) electrons. The lowest BCUT2D eigenvalue weighted by molar-refractivity contribution is -0.274. The van der Waals surface area contributed by atoms with E-state index in [4.69, 9.17) is 0 Å². The third-order valence-electron chi connectivity index (χ3n) is 2.06. The molecular formula is C12H12Br2F3N3O. The predicted molar refractivity (Wildman–Crippen MR) is 79.0 cm³/mol. The molecule has 0 aliphatic carbocycles. The zero-order valence-corrected chi connectivity index (χ0v) is 14.3. The summed E-state index contributed by atoms with van der Waals surface area (Å²) in [6.07, 6.45) is -4.68. The smallest absolute Gasteiger partial charge is 0.406 e. The van der Waals surface area contributed by atoms with Gasteiger partial charge in [-0.25, -0.2) is 0 Å². The van der Waals surface area contributed by atoms with Gasteiger partial charge in [0.15, 0.2) is 9.21 Å². The van der Waals surface area contributed by atoms with Gasteiger partial charge in [-0.05, 0) is 49.6 Å². The van der Waals surface area contributed by atoms with Gasteiger partial charge in [-0.1, -0.05) is 26.0 Å². The van der Waals surface area contributed by atoms with Crippen LogP contribution in [-0.2, 0) is 6.54 Å². The fourth-order valence-electron chi connectivity index (χ4n) is 1.34. The van der Waals surface area contributed by atoms with E-state index in [1.54, 1.807) is 0 Å². The van der Waals surface area contributed by atoms with Crippen LogP contribution < -0.4 is 4.74 Å². The highest BCUT2D eigenvalue weighted by molar-refractivity contribution is 9.13. The van der Waals surface area contributed by atoms with Crippen molar-refractivity contribution >= 4 is 31.9 Å². The van der Waals surface area contributed by atoms with Crippen LogP contribution >= 0.6 is 31.9 Å². The topological polar surface area (TPSA) is 39.9 Å². The molecule has 0 bridgehead atoms. The van der Waals surface area contributed by atoms with Crippen molar-refractivity contribution in [3.63, 3.8) is 0 Å². The number of nitrogens with zero attached hydrogens (tertiary/aromatic N) is 3. The molecule has 0 saturated heterocycles. The largest absolute Gasteiger partial charge is 0.573 e. The van der Waals surface area contributed by atoms with Gasteiger partial charge in [0.1, 0.15) is 5.75 Å². The Labute approximate surface area is 136 Å². The van der Waals surface area contributed by atoms with Crippen molar-refractivity contribution in [2.45, 2.75) is 26.8 Å². The Morgan fingerprint density at radius 3 is 1.95 bits per heavy atom. The number of rotatable bonds is 3. The van der Waals surface area contributed by atoms with Crippen LogP contribution in [0.15, 0.2) is 33.5 Å². The lowest BCUT2D eigenvalue weighted by Crippen LogP contribution is -2.17. The van der Waals surface area contributed by atoms with Gasteiger partial charge in [0, 0.05) is 0 Å². The summed E-state index contributed by atoms with van der Waals surface area (Å²) < 4.78 is 40.8. The van der Waals surface area contributed by atoms with E-state index in [0.29, 0.717) is 15.8 Å². The van der Waals surface area contributed by atoms with E-state index < -0.39 is 6.36 Å². The van der Waals surface area contributed by atoms with Crippen molar-refractivity contribution in [3.8, 4) is 5.75 Å². The monoisotopic (exact) mass is 429 g/mol. The Morgan fingerprint density at radius 1 is 1.05 bits per heavy atom. The van der Waals surface area contributed by atoms with Crippen LogP contribution in [-0.4, -0.2) is 21.4 Å². The van der Waals surface area contributed by atoms with Crippen molar-refractivity contribution in [2.24, 2.45) is 0 Å². The molecule has 2 rings (SSSR count). The van der Waals surface area contributed by atoms with Gasteiger partial charge < -0.3 is 4.74 Å². The summed E-state index contributed by atoms with van der Waals surface area (Å²) in [5.74, 6) is -0.257. The molecule has 0 saturated carbocycles. The van der Waals surface area contributed by atoms with E-state index in [9.17, 15) is 13.2 Å². The number of ether oxygens (including phenoxy) is 1. The molecule has 4 nitrogen and oxygen atoms in total. The molecule has 0 fully saturated rings. The van der Waals surface area contributed by atoms with Crippen molar-refractivity contribution in [1.29, 1.82) is 0 Å². The van der Waals surface area contributed by atoms with E-state index in [2.05, 4.69) is 46.8 Å². The molecule has 0 spiro atoms. The molecule has 0 aliphatic rings. The van der Waals surface area contributed by atoms with Crippen LogP contribution in [0.3, 0.4) is 0 Å². The molecule has 0 atom stereocenters. The van der Waals surface area contributed by atoms with Gasteiger partial charge in [0.05, 0.1) is 6.54 Å². The summed E-state index contributed by atoms with van der Waals surface area (Å²) in [5.41, 5.74) is 0.754. The molecule has 1 aromatic heterocycles. The van der Waals surface area contributed by atoms with Gasteiger partial charge in [0.2, 0.25) is 0 Å². The SMILES string of the molecule is CC.FC(F)(F)Oc1ccc(Cn2nc(Br)c(Br)n2)cc1. The van der Waals surface area contributed by atoms with Gasteiger partial charge in [-0.2, -0.15) is 4.80 Å². The van der Waals surface area contributed by atoms with E-state index in [-0.39, 0.29) is 5.75 Å². The maximum absolute atomic E-state index is 12.0. The number of hydrogen-bond acceptors (Lipinski definition) is 3. The molecule has 116 valence electrons. The highest BCUT2D eigenvalue weighted by Gasteiger charge is 2.30. The first-order valence-corrected chi connectivity index (χ1v) is 7.53. The lowest BCUT2D eigenvalue weighted by atomic mass is 10.2. The van der Waals surface area contributed by atoms with Crippen molar-refractivity contribution in [2.75, 3.05) is 0 Å². The van der Waals surface area contributed by atoms with Crippen LogP contribution in [0.4, 0.5) is 13.2 Å². The van der Waals surface area contributed by atoms with E-state index >= 15 is 0 Å². The normalized spacial score (nSPS) is 10.8.